The molecule has 22 heavy (non-hydrogen) atoms. The summed E-state index contributed by atoms with van der Waals surface area (Å²) in [4.78, 5) is 12.9. The minimum atomic E-state index is -0.769. The van der Waals surface area contributed by atoms with Gasteiger partial charge in [0.15, 0.2) is 0 Å². The van der Waals surface area contributed by atoms with Crippen LogP contribution in [0.4, 0.5) is 0 Å². The third-order valence-electron chi connectivity index (χ3n) is 3.49. The van der Waals surface area contributed by atoms with Gasteiger partial charge in [-0.1, -0.05) is 17.8 Å². The molecule has 1 fully saturated rings. The highest BCUT2D eigenvalue weighted by Gasteiger charge is 2.42. The van der Waals surface area contributed by atoms with Crippen LogP contribution in [0.15, 0.2) is 27.2 Å². The van der Waals surface area contributed by atoms with E-state index < -0.39 is 5.54 Å². The van der Waals surface area contributed by atoms with Crippen LogP contribution >= 0.6 is 23.1 Å². The predicted octanol–water partition coefficient (Wildman–Crippen LogP) is 2.70. The van der Waals surface area contributed by atoms with Gasteiger partial charge in [-0.05, 0) is 37.1 Å². The van der Waals surface area contributed by atoms with E-state index in [9.17, 15) is 10.1 Å². The van der Waals surface area contributed by atoms with Crippen LogP contribution < -0.4 is 5.32 Å². The van der Waals surface area contributed by atoms with Crippen LogP contribution in [0.25, 0.3) is 10.8 Å². The molecule has 2 aromatic heterocycles. The monoisotopic (exact) mass is 334 g/mol. The topological polar surface area (TPSA) is 91.8 Å². The maximum atomic E-state index is 12.0. The first-order chi connectivity index (χ1) is 10.6. The lowest BCUT2D eigenvalue weighted by molar-refractivity contribution is -0.119. The van der Waals surface area contributed by atoms with Crippen LogP contribution in [0.3, 0.4) is 0 Å². The zero-order valence-corrected chi connectivity index (χ0v) is 13.5. The van der Waals surface area contributed by atoms with E-state index in [2.05, 4.69) is 21.6 Å². The molecule has 114 valence electrons. The fourth-order valence-electron chi connectivity index (χ4n) is 2.10. The second-order valence-electron chi connectivity index (χ2n) is 5.28. The van der Waals surface area contributed by atoms with E-state index in [0.717, 1.165) is 17.7 Å². The number of nitriles is 1. The van der Waals surface area contributed by atoms with Gasteiger partial charge in [0, 0.05) is 0 Å². The smallest absolute Gasteiger partial charge is 0.277 e. The Morgan fingerprint density at radius 2 is 2.45 bits per heavy atom. The molecule has 1 aliphatic rings. The maximum Gasteiger partial charge on any atom is 0.277 e. The van der Waals surface area contributed by atoms with Gasteiger partial charge in [0.25, 0.3) is 11.1 Å². The van der Waals surface area contributed by atoms with E-state index in [4.69, 9.17) is 4.42 Å². The van der Waals surface area contributed by atoms with Crippen molar-refractivity contribution < 1.29 is 9.21 Å². The van der Waals surface area contributed by atoms with Gasteiger partial charge in [-0.15, -0.1) is 21.5 Å². The molecule has 0 saturated heterocycles. The summed E-state index contributed by atoms with van der Waals surface area (Å²) in [7, 11) is 0. The first-order valence-electron chi connectivity index (χ1n) is 6.83. The molecule has 1 atom stereocenters. The molecule has 3 rings (SSSR count). The van der Waals surface area contributed by atoms with E-state index in [1.807, 2.05) is 17.5 Å². The number of amides is 1. The van der Waals surface area contributed by atoms with Crippen molar-refractivity contribution >= 4 is 29.0 Å². The van der Waals surface area contributed by atoms with E-state index in [0.29, 0.717) is 11.1 Å². The van der Waals surface area contributed by atoms with Crippen LogP contribution in [0.2, 0.25) is 0 Å². The molecule has 0 aliphatic heterocycles. The van der Waals surface area contributed by atoms with Gasteiger partial charge >= 0.3 is 0 Å². The zero-order valence-electron chi connectivity index (χ0n) is 11.9. The molecule has 1 unspecified atom stereocenters. The summed E-state index contributed by atoms with van der Waals surface area (Å²) < 4.78 is 5.50. The Morgan fingerprint density at radius 1 is 1.64 bits per heavy atom. The van der Waals surface area contributed by atoms with Crippen molar-refractivity contribution in [3.63, 3.8) is 0 Å². The molecular formula is C14H14N4O2S2. The van der Waals surface area contributed by atoms with Crippen molar-refractivity contribution in [2.75, 3.05) is 5.75 Å². The van der Waals surface area contributed by atoms with Crippen LogP contribution in [0.5, 0.6) is 0 Å². The number of carbonyl (C=O) groups is 1. The van der Waals surface area contributed by atoms with Gasteiger partial charge in [0.2, 0.25) is 5.91 Å². The summed E-state index contributed by atoms with van der Waals surface area (Å²) in [5.74, 6) is 0.672. The molecule has 1 saturated carbocycles. The Hall–Kier alpha value is -1.85. The van der Waals surface area contributed by atoms with Gasteiger partial charge in [0.05, 0.1) is 16.7 Å². The lowest BCUT2D eigenvalue weighted by atomic mass is 9.98. The SMILES string of the molecule is CC(C#N)(NC(=O)CSc1nnc(-c2cccs2)o1)C1CC1. The number of hydrogen-bond donors (Lipinski definition) is 1. The van der Waals surface area contributed by atoms with Crippen molar-refractivity contribution in [2.24, 2.45) is 5.92 Å². The second-order valence-corrected chi connectivity index (χ2v) is 7.15. The lowest BCUT2D eigenvalue weighted by Gasteiger charge is -2.22. The van der Waals surface area contributed by atoms with Crippen LogP contribution in [-0.4, -0.2) is 27.4 Å². The average Bonchev–Trinajstić information content (AvgIpc) is 3.04. The normalized spacial score (nSPS) is 16.7. The summed E-state index contributed by atoms with van der Waals surface area (Å²) in [5.41, 5.74) is -0.769. The molecule has 8 heteroatoms. The predicted molar refractivity (Wildman–Crippen MR) is 83.2 cm³/mol. The van der Waals surface area contributed by atoms with Gasteiger partial charge < -0.3 is 9.73 Å². The van der Waals surface area contributed by atoms with Crippen molar-refractivity contribution in [3.05, 3.63) is 17.5 Å². The molecule has 0 aromatic carbocycles. The van der Waals surface area contributed by atoms with Crippen LogP contribution in [-0.2, 0) is 4.79 Å². The highest BCUT2D eigenvalue weighted by atomic mass is 32.2. The maximum absolute atomic E-state index is 12.0. The Balaban J connectivity index is 1.54. The lowest BCUT2D eigenvalue weighted by Crippen LogP contribution is -2.47. The molecule has 1 N–H and O–H groups in total. The highest BCUT2D eigenvalue weighted by molar-refractivity contribution is 7.99. The summed E-state index contributed by atoms with van der Waals surface area (Å²) in [6, 6.07) is 6.00. The number of carbonyl (C=O) groups excluding carboxylic acids is 1. The van der Waals surface area contributed by atoms with Gasteiger partial charge in [-0.2, -0.15) is 5.26 Å². The van der Waals surface area contributed by atoms with Gasteiger partial charge in [0.1, 0.15) is 5.54 Å². The van der Waals surface area contributed by atoms with Crippen molar-refractivity contribution in [1.29, 1.82) is 5.26 Å². The first-order valence-corrected chi connectivity index (χ1v) is 8.70. The van der Waals surface area contributed by atoms with Gasteiger partial charge in [-0.3, -0.25) is 4.79 Å². The number of nitrogens with one attached hydrogen (secondary N) is 1. The zero-order chi connectivity index (χ0) is 15.6. The Morgan fingerprint density at radius 3 is 3.09 bits per heavy atom. The Labute approximate surface area is 135 Å². The minimum absolute atomic E-state index is 0.149. The fourth-order valence-corrected chi connectivity index (χ4v) is 3.31. The molecule has 6 nitrogen and oxygen atoms in total. The third-order valence-corrected chi connectivity index (χ3v) is 5.17. The number of thiophene rings is 1. The summed E-state index contributed by atoms with van der Waals surface area (Å²) >= 11 is 2.69. The molecule has 1 amide bonds. The molecule has 2 heterocycles. The van der Waals surface area contributed by atoms with Crippen molar-refractivity contribution in [1.82, 2.24) is 15.5 Å². The standard InChI is InChI=1S/C14H14N4O2S2/c1-14(8-15,9-4-5-9)16-11(19)7-22-13-18-17-12(20-13)10-3-2-6-21-10/h2-3,6,9H,4-5,7H2,1H3,(H,16,19). The molecule has 0 spiro atoms. The minimum Gasteiger partial charge on any atom is -0.410 e. The number of thioether (sulfide) groups is 1. The van der Waals surface area contributed by atoms with E-state index in [1.54, 1.807) is 6.92 Å². The Kier molecular flexibility index (Phi) is 4.18. The third kappa shape index (κ3) is 3.31. The summed E-state index contributed by atoms with van der Waals surface area (Å²) in [6.07, 6.45) is 1.98. The average molecular weight is 334 g/mol. The first kappa shape index (κ1) is 15.1. The van der Waals surface area contributed by atoms with Crippen molar-refractivity contribution in [2.45, 2.75) is 30.5 Å². The van der Waals surface area contributed by atoms with Crippen LogP contribution in [0, 0.1) is 17.2 Å². The Bertz CT molecular complexity index is 703. The summed E-state index contributed by atoms with van der Waals surface area (Å²) in [5, 5.41) is 22.2. The quantitative estimate of drug-likeness (QED) is 0.817. The van der Waals surface area contributed by atoms with Crippen LogP contribution in [0.1, 0.15) is 19.8 Å². The number of aromatic nitrogens is 2. The number of hydrogen-bond acceptors (Lipinski definition) is 7. The fraction of sp³-hybridized carbons (Fsp3) is 0.429. The molecular weight excluding hydrogens is 320 g/mol. The van der Waals surface area contributed by atoms with E-state index >= 15 is 0 Å². The highest BCUT2D eigenvalue weighted by Crippen LogP contribution is 2.39. The molecule has 0 radical (unpaired) electrons. The summed E-state index contributed by atoms with van der Waals surface area (Å²) in [6.45, 7) is 1.77. The van der Waals surface area contributed by atoms with Gasteiger partial charge in [-0.25, -0.2) is 0 Å². The van der Waals surface area contributed by atoms with E-state index in [-0.39, 0.29) is 17.6 Å². The molecule has 1 aliphatic carbocycles. The van der Waals surface area contributed by atoms with E-state index in [1.165, 1.54) is 23.1 Å². The largest absolute Gasteiger partial charge is 0.410 e. The molecule has 0 bridgehead atoms. The molecule has 2 aromatic rings. The number of nitrogens with zero attached hydrogens (tertiary/aromatic N) is 3. The van der Waals surface area contributed by atoms with Crippen molar-refractivity contribution in [3.8, 4) is 16.8 Å². The second kappa shape index (κ2) is 6.10. The number of rotatable bonds is 6.